The quantitative estimate of drug-likeness (QED) is 0.825. The first kappa shape index (κ1) is 18.7. The van der Waals surface area contributed by atoms with Gasteiger partial charge in [0, 0.05) is 43.1 Å². The molecule has 28 heavy (non-hydrogen) atoms. The van der Waals surface area contributed by atoms with E-state index in [0.717, 1.165) is 28.6 Å². The van der Waals surface area contributed by atoms with E-state index in [4.69, 9.17) is 9.47 Å². The Morgan fingerprint density at radius 1 is 1.29 bits per heavy atom. The second kappa shape index (κ2) is 7.38. The molecule has 1 atom stereocenters. The third-order valence-corrected chi connectivity index (χ3v) is 6.10. The number of nitrogens with one attached hydrogen (secondary N) is 1. The number of aromatic nitrogens is 2. The van der Waals surface area contributed by atoms with Crippen LogP contribution in [0.15, 0.2) is 18.2 Å². The molecule has 148 valence electrons. The van der Waals surface area contributed by atoms with E-state index in [-0.39, 0.29) is 18.2 Å². The zero-order valence-electron chi connectivity index (χ0n) is 16.0. The summed E-state index contributed by atoms with van der Waals surface area (Å²) in [5.41, 5.74) is 2.75. The maximum atomic E-state index is 12.9. The van der Waals surface area contributed by atoms with Gasteiger partial charge in [-0.15, -0.1) is 0 Å². The number of amides is 2. The van der Waals surface area contributed by atoms with Crippen molar-refractivity contribution in [1.29, 1.82) is 0 Å². The lowest BCUT2D eigenvalue weighted by atomic mass is 10.1. The van der Waals surface area contributed by atoms with Crippen molar-refractivity contribution in [2.24, 2.45) is 13.0 Å². The summed E-state index contributed by atoms with van der Waals surface area (Å²) in [5.74, 6) is 2.93. The van der Waals surface area contributed by atoms with Gasteiger partial charge in [-0.3, -0.25) is 14.3 Å². The minimum atomic E-state index is -0.432. The van der Waals surface area contributed by atoms with Crippen LogP contribution in [0.5, 0.6) is 11.5 Å². The molecule has 4 rings (SSSR count). The van der Waals surface area contributed by atoms with E-state index in [1.165, 1.54) is 0 Å². The molecule has 0 aliphatic carbocycles. The molecule has 0 saturated carbocycles. The molecule has 0 radical (unpaired) electrons. The van der Waals surface area contributed by atoms with Crippen molar-refractivity contribution in [1.82, 2.24) is 9.78 Å². The molecule has 2 aromatic rings. The Morgan fingerprint density at radius 2 is 2.11 bits per heavy atom. The Kier molecular flexibility index (Phi) is 4.92. The van der Waals surface area contributed by atoms with Gasteiger partial charge in [0.25, 0.3) is 0 Å². The third kappa shape index (κ3) is 3.19. The summed E-state index contributed by atoms with van der Waals surface area (Å²) >= 11 is 1.78. The Morgan fingerprint density at radius 3 is 2.86 bits per heavy atom. The molecule has 1 N–H and O–H groups in total. The van der Waals surface area contributed by atoms with Gasteiger partial charge in [0.1, 0.15) is 17.3 Å². The Bertz CT molecular complexity index is 942. The first-order valence-corrected chi connectivity index (χ1v) is 10.1. The number of hydrogen-bond donors (Lipinski definition) is 1. The number of fused-ring (bicyclic) bond motifs is 1. The Balaban J connectivity index is 1.51. The average molecular weight is 402 g/mol. The van der Waals surface area contributed by atoms with Crippen molar-refractivity contribution in [2.75, 3.05) is 31.0 Å². The lowest BCUT2D eigenvalue weighted by molar-refractivity contribution is -0.122. The van der Waals surface area contributed by atoms with Crippen LogP contribution in [0.3, 0.4) is 0 Å². The van der Waals surface area contributed by atoms with Crippen molar-refractivity contribution >= 4 is 35.1 Å². The van der Waals surface area contributed by atoms with E-state index in [1.807, 2.05) is 7.05 Å². The topological polar surface area (TPSA) is 85.7 Å². The zero-order valence-corrected chi connectivity index (χ0v) is 16.8. The van der Waals surface area contributed by atoms with E-state index in [2.05, 4.69) is 10.4 Å². The molecule has 2 aliphatic heterocycles. The fourth-order valence-electron chi connectivity index (χ4n) is 3.64. The van der Waals surface area contributed by atoms with E-state index in [0.29, 0.717) is 23.7 Å². The Labute approximate surface area is 167 Å². The van der Waals surface area contributed by atoms with Gasteiger partial charge in [-0.05, 0) is 12.1 Å². The first-order chi connectivity index (χ1) is 13.5. The molecule has 1 aromatic heterocycles. The number of benzene rings is 1. The van der Waals surface area contributed by atoms with Crippen LogP contribution in [0.1, 0.15) is 17.7 Å². The van der Waals surface area contributed by atoms with Gasteiger partial charge < -0.3 is 19.7 Å². The number of nitrogens with zero attached hydrogens (tertiary/aromatic N) is 3. The molecule has 3 heterocycles. The smallest absolute Gasteiger partial charge is 0.230 e. The lowest BCUT2D eigenvalue weighted by Gasteiger charge is -2.20. The highest BCUT2D eigenvalue weighted by atomic mass is 32.2. The second-order valence-electron chi connectivity index (χ2n) is 6.82. The molecule has 1 saturated heterocycles. The molecule has 1 aromatic carbocycles. The van der Waals surface area contributed by atoms with E-state index >= 15 is 0 Å². The van der Waals surface area contributed by atoms with Gasteiger partial charge in [0.05, 0.1) is 31.5 Å². The molecule has 2 amide bonds. The summed E-state index contributed by atoms with van der Waals surface area (Å²) in [5, 5.41) is 7.45. The molecule has 8 nitrogen and oxygen atoms in total. The maximum absolute atomic E-state index is 12.9. The minimum Gasteiger partial charge on any atom is -0.497 e. The van der Waals surface area contributed by atoms with Gasteiger partial charge in [-0.25, -0.2) is 0 Å². The van der Waals surface area contributed by atoms with Crippen molar-refractivity contribution in [3.8, 4) is 11.5 Å². The number of anilines is 2. The van der Waals surface area contributed by atoms with Gasteiger partial charge in [-0.1, -0.05) is 0 Å². The van der Waals surface area contributed by atoms with E-state index < -0.39 is 5.92 Å². The summed E-state index contributed by atoms with van der Waals surface area (Å²) in [7, 11) is 4.94. The number of hydrogen-bond acceptors (Lipinski definition) is 6. The summed E-state index contributed by atoms with van der Waals surface area (Å²) in [6, 6.07) is 5.28. The SMILES string of the molecule is COc1ccc(N2C[C@H](C(=O)Nc3c4c(nn3C)CSC4)CC2=O)c(OC)c1. The molecule has 1 fully saturated rings. The highest BCUT2D eigenvalue weighted by molar-refractivity contribution is 7.98. The summed E-state index contributed by atoms with van der Waals surface area (Å²) in [6.45, 7) is 0.308. The van der Waals surface area contributed by atoms with Crippen LogP contribution >= 0.6 is 11.8 Å². The van der Waals surface area contributed by atoms with E-state index in [1.54, 1.807) is 53.8 Å². The number of carbonyl (C=O) groups excluding carboxylic acids is 2. The van der Waals surface area contributed by atoms with Crippen molar-refractivity contribution < 1.29 is 19.1 Å². The molecule has 0 bridgehead atoms. The largest absolute Gasteiger partial charge is 0.497 e. The normalized spacial score (nSPS) is 18.3. The zero-order chi connectivity index (χ0) is 19.8. The molecular weight excluding hydrogens is 380 g/mol. The highest BCUT2D eigenvalue weighted by Gasteiger charge is 2.37. The monoisotopic (exact) mass is 402 g/mol. The van der Waals surface area contributed by atoms with Crippen LogP contribution in [-0.2, 0) is 28.1 Å². The number of rotatable bonds is 5. The van der Waals surface area contributed by atoms with Gasteiger partial charge in [-0.2, -0.15) is 16.9 Å². The first-order valence-electron chi connectivity index (χ1n) is 8.97. The molecule has 2 aliphatic rings. The highest BCUT2D eigenvalue weighted by Crippen LogP contribution is 2.37. The predicted molar refractivity (Wildman–Crippen MR) is 107 cm³/mol. The van der Waals surface area contributed by atoms with Crippen LogP contribution in [-0.4, -0.2) is 42.4 Å². The van der Waals surface area contributed by atoms with Crippen molar-refractivity contribution in [3.63, 3.8) is 0 Å². The molecular formula is C19H22N4O4S. The van der Waals surface area contributed by atoms with Crippen LogP contribution in [0.2, 0.25) is 0 Å². The average Bonchev–Trinajstić information content (AvgIpc) is 3.38. The van der Waals surface area contributed by atoms with Gasteiger partial charge in [0.15, 0.2) is 0 Å². The molecule has 0 unspecified atom stereocenters. The fourth-order valence-corrected chi connectivity index (χ4v) is 4.67. The predicted octanol–water partition coefficient (Wildman–Crippen LogP) is 2.18. The van der Waals surface area contributed by atoms with Crippen molar-refractivity contribution in [3.05, 3.63) is 29.5 Å². The minimum absolute atomic E-state index is 0.102. The van der Waals surface area contributed by atoms with Gasteiger partial charge in [0.2, 0.25) is 11.8 Å². The number of aryl methyl sites for hydroxylation is 1. The molecule has 9 heteroatoms. The number of ether oxygens (including phenoxy) is 2. The third-order valence-electron chi connectivity index (χ3n) is 5.13. The Hall–Kier alpha value is -2.68. The standard InChI is InChI=1S/C19H22N4O4S/c1-22-18(13-9-28-10-14(13)21-22)20-19(25)11-6-17(24)23(8-11)15-5-4-12(26-2)7-16(15)27-3/h4-5,7,11H,6,8-10H2,1-3H3,(H,20,25)/t11-/m1/s1. The fraction of sp³-hybridized carbons (Fsp3) is 0.421. The van der Waals surface area contributed by atoms with Crippen LogP contribution in [0, 0.1) is 5.92 Å². The van der Waals surface area contributed by atoms with Crippen molar-refractivity contribution in [2.45, 2.75) is 17.9 Å². The van der Waals surface area contributed by atoms with Crippen LogP contribution in [0.4, 0.5) is 11.5 Å². The number of methoxy groups -OCH3 is 2. The summed E-state index contributed by atoms with van der Waals surface area (Å²) in [6.07, 6.45) is 0.163. The summed E-state index contributed by atoms with van der Waals surface area (Å²) in [4.78, 5) is 27.1. The maximum Gasteiger partial charge on any atom is 0.230 e. The molecule has 0 spiro atoms. The van der Waals surface area contributed by atoms with Crippen LogP contribution < -0.4 is 19.7 Å². The summed E-state index contributed by atoms with van der Waals surface area (Å²) < 4.78 is 12.3. The van der Waals surface area contributed by atoms with Gasteiger partial charge >= 0.3 is 0 Å². The second-order valence-corrected chi connectivity index (χ2v) is 7.81. The number of carbonyl (C=O) groups is 2. The lowest BCUT2D eigenvalue weighted by Crippen LogP contribution is -2.29. The number of thioether (sulfide) groups is 1. The van der Waals surface area contributed by atoms with E-state index in [9.17, 15) is 9.59 Å². The van der Waals surface area contributed by atoms with Crippen LogP contribution in [0.25, 0.3) is 0 Å².